The lowest BCUT2D eigenvalue weighted by molar-refractivity contribution is 0.184. The Morgan fingerprint density at radius 2 is 2.14 bits per heavy atom. The average molecular weight is 199 g/mol. The van der Waals surface area contributed by atoms with Crippen molar-refractivity contribution < 1.29 is 4.74 Å². The van der Waals surface area contributed by atoms with Gasteiger partial charge >= 0.3 is 0 Å². The number of ether oxygens (including phenoxy) is 1. The van der Waals surface area contributed by atoms with Gasteiger partial charge in [-0.05, 0) is 37.8 Å². The van der Waals surface area contributed by atoms with Crippen molar-refractivity contribution in [2.75, 3.05) is 26.3 Å². The SMILES string of the molecule is CCC(CC)CNCCC1CCOC1. The third-order valence-corrected chi connectivity index (χ3v) is 3.34. The molecule has 0 radical (unpaired) electrons. The van der Waals surface area contributed by atoms with Gasteiger partial charge in [0.2, 0.25) is 0 Å². The molecule has 0 aromatic carbocycles. The minimum absolute atomic E-state index is 0.823. The van der Waals surface area contributed by atoms with Crippen LogP contribution in [0.25, 0.3) is 0 Å². The first-order valence-corrected chi connectivity index (χ1v) is 6.15. The largest absolute Gasteiger partial charge is 0.381 e. The fraction of sp³-hybridized carbons (Fsp3) is 1.00. The molecule has 0 amide bonds. The van der Waals surface area contributed by atoms with Crippen LogP contribution in [0.5, 0.6) is 0 Å². The highest BCUT2D eigenvalue weighted by Gasteiger charge is 2.14. The van der Waals surface area contributed by atoms with Crippen molar-refractivity contribution in [1.29, 1.82) is 0 Å². The third kappa shape index (κ3) is 4.43. The van der Waals surface area contributed by atoms with Gasteiger partial charge < -0.3 is 10.1 Å². The molecule has 0 aromatic rings. The van der Waals surface area contributed by atoms with Gasteiger partial charge in [-0.25, -0.2) is 0 Å². The zero-order valence-electron chi connectivity index (χ0n) is 9.72. The molecule has 1 N–H and O–H groups in total. The van der Waals surface area contributed by atoms with Crippen molar-refractivity contribution in [3.8, 4) is 0 Å². The van der Waals surface area contributed by atoms with Crippen molar-refractivity contribution in [2.24, 2.45) is 11.8 Å². The monoisotopic (exact) mass is 199 g/mol. The molecule has 1 aliphatic rings. The van der Waals surface area contributed by atoms with Gasteiger partial charge in [0.1, 0.15) is 0 Å². The number of nitrogens with one attached hydrogen (secondary N) is 1. The van der Waals surface area contributed by atoms with Crippen LogP contribution in [0.15, 0.2) is 0 Å². The smallest absolute Gasteiger partial charge is 0.0495 e. The minimum atomic E-state index is 0.823. The summed E-state index contributed by atoms with van der Waals surface area (Å²) in [6, 6.07) is 0. The lowest BCUT2D eigenvalue weighted by Gasteiger charge is -2.14. The van der Waals surface area contributed by atoms with Crippen LogP contribution in [0.4, 0.5) is 0 Å². The maximum absolute atomic E-state index is 5.35. The predicted molar refractivity (Wildman–Crippen MR) is 60.5 cm³/mol. The molecule has 0 aliphatic carbocycles. The second-order valence-electron chi connectivity index (χ2n) is 4.40. The molecular formula is C12H25NO. The summed E-state index contributed by atoms with van der Waals surface area (Å²) in [4.78, 5) is 0. The van der Waals surface area contributed by atoms with Crippen LogP contribution in [-0.2, 0) is 4.74 Å². The van der Waals surface area contributed by atoms with E-state index in [9.17, 15) is 0 Å². The summed E-state index contributed by atoms with van der Waals surface area (Å²) >= 11 is 0. The summed E-state index contributed by atoms with van der Waals surface area (Å²) in [6.07, 6.45) is 5.17. The molecule has 1 aliphatic heterocycles. The lowest BCUT2D eigenvalue weighted by Crippen LogP contribution is -2.24. The Bertz CT molecular complexity index is 124. The van der Waals surface area contributed by atoms with E-state index in [1.165, 1.54) is 38.8 Å². The topological polar surface area (TPSA) is 21.3 Å². The molecule has 1 saturated heterocycles. The van der Waals surface area contributed by atoms with E-state index in [2.05, 4.69) is 19.2 Å². The molecule has 0 aromatic heterocycles. The summed E-state index contributed by atoms with van der Waals surface area (Å²) in [6.45, 7) is 8.90. The van der Waals surface area contributed by atoms with Crippen LogP contribution >= 0.6 is 0 Å². The van der Waals surface area contributed by atoms with Crippen LogP contribution in [0, 0.1) is 11.8 Å². The minimum Gasteiger partial charge on any atom is -0.381 e. The first-order chi connectivity index (χ1) is 6.86. The van der Waals surface area contributed by atoms with E-state index in [0.29, 0.717) is 0 Å². The van der Waals surface area contributed by atoms with E-state index >= 15 is 0 Å². The second-order valence-corrected chi connectivity index (χ2v) is 4.40. The normalized spacial score (nSPS) is 22.1. The summed E-state index contributed by atoms with van der Waals surface area (Å²) in [7, 11) is 0. The zero-order valence-corrected chi connectivity index (χ0v) is 9.72. The van der Waals surface area contributed by atoms with E-state index in [4.69, 9.17) is 4.74 Å². The van der Waals surface area contributed by atoms with Crippen LogP contribution in [0.3, 0.4) is 0 Å². The molecule has 1 rings (SSSR count). The molecule has 1 unspecified atom stereocenters. The highest BCUT2D eigenvalue weighted by molar-refractivity contribution is 4.66. The van der Waals surface area contributed by atoms with Crippen molar-refractivity contribution in [1.82, 2.24) is 5.32 Å². The first-order valence-electron chi connectivity index (χ1n) is 6.15. The van der Waals surface area contributed by atoms with E-state index in [1.54, 1.807) is 0 Å². The summed E-state index contributed by atoms with van der Waals surface area (Å²) in [5, 5.41) is 3.56. The average Bonchev–Trinajstić information content (AvgIpc) is 2.71. The summed E-state index contributed by atoms with van der Waals surface area (Å²) < 4.78 is 5.35. The number of rotatable bonds is 7. The van der Waals surface area contributed by atoms with Gasteiger partial charge in [0.25, 0.3) is 0 Å². The summed E-state index contributed by atoms with van der Waals surface area (Å²) in [5.74, 6) is 1.69. The lowest BCUT2D eigenvalue weighted by atomic mass is 10.0. The quantitative estimate of drug-likeness (QED) is 0.636. The molecular weight excluding hydrogens is 174 g/mol. The predicted octanol–water partition coefficient (Wildman–Crippen LogP) is 2.44. The third-order valence-electron chi connectivity index (χ3n) is 3.34. The molecule has 0 bridgehead atoms. The Kier molecular flexibility index (Phi) is 6.20. The van der Waals surface area contributed by atoms with Gasteiger partial charge in [0.15, 0.2) is 0 Å². The fourth-order valence-corrected chi connectivity index (χ4v) is 2.00. The van der Waals surface area contributed by atoms with E-state index in [0.717, 1.165) is 25.0 Å². The molecule has 1 atom stereocenters. The second kappa shape index (κ2) is 7.24. The molecule has 2 nitrogen and oxygen atoms in total. The zero-order chi connectivity index (χ0) is 10.2. The molecule has 2 heteroatoms. The van der Waals surface area contributed by atoms with Gasteiger partial charge in [-0.2, -0.15) is 0 Å². The van der Waals surface area contributed by atoms with E-state index in [1.807, 2.05) is 0 Å². The molecule has 14 heavy (non-hydrogen) atoms. The number of hydrogen-bond acceptors (Lipinski definition) is 2. The highest BCUT2D eigenvalue weighted by atomic mass is 16.5. The Hall–Kier alpha value is -0.0800. The fourth-order valence-electron chi connectivity index (χ4n) is 2.00. The van der Waals surface area contributed by atoms with Crippen LogP contribution in [0.1, 0.15) is 39.5 Å². The molecule has 0 saturated carbocycles. The Morgan fingerprint density at radius 3 is 2.71 bits per heavy atom. The van der Waals surface area contributed by atoms with Gasteiger partial charge in [-0.3, -0.25) is 0 Å². The maximum atomic E-state index is 5.35. The molecule has 1 fully saturated rings. The van der Waals surface area contributed by atoms with Gasteiger partial charge in [-0.15, -0.1) is 0 Å². The van der Waals surface area contributed by atoms with Gasteiger partial charge in [-0.1, -0.05) is 26.7 Å². The Morgan fingerprint density at radius 1 is 1.36 bits per heavy atom. The van der Waals surface area contributed by atoms with E-state index in [-0.39, 0.29) is 0 Å². The Balaban J connectivity index is 1.92. The molecule has 1 heterocycles. The van der Waals surface area contributed by atoms with Crippen LogP contribution < -0.4 is 5.32 Å². The first kappa shape index (κ1) is 12.0. The summed E-state index contributed by atoms with van der Waals surface area (Å²) in [5.41, 5.74) is 0. The Labute approximate surface area is 88.4 Å². The number of hydrogen-bond donors (Lipinski definition) is 1. The van der Waals surface area contributed by atoms with Crippen LogP contribution in [-0.4, -0.2) is 26.3 Å². The molecule has 0 spiro atoms. The molecule has 84 valence electrons. The van der Waals surface area contributed by atoms with Gasteiger partial charge in [0, 0.05) is 13.2 Å². The maximum Gasteiger partial charge on any atom is 0.0495 e. The standard InChI is InChI=1S/C12H25NO/c1-3-11(4-2)9-13-7-5-12-6-8-14-10-12/h11-13H,3-10H2,1-2H3. The van der Waals surface area contributed by atoms with Crippen molar-refractivity contribution in [3.05, 3.63) is 0 Å². The van der Waals surface area contributed by atoms with Crippen LogP contribution in [0.2, 0.25) is 0 Å². The van der Waals surface area contributed by atoms with Crippen molar-refractivity contribution >= 4 is 0 Å². The van der Waals surface area contributed by atoms with E-state index < -0.39 is 0 Å². The van der Waals surface area contributed by atoms with Gasteiger partial charge in [0.05, 0.1) is 0 Å². The van der Waals surface area contributed by atoms with Crippen molar-refractivity contribution in [3.63, 3.8) is 0 Å². The van der Waals surface area contributed by atoms with Crippen molar-refractivity contribution in [2.45, 2.75) is 39.5 Å². The highest BCUT2D eigenvalue weighted by Crippen LogP contribution is 2.15.